The third kappa shape index (κ3) is 6.25. The maximum Gasteiger partial charge on any atom is 0.191 e. The average Bonchev–Trinajstić information content (AvgIpc) is 3.07. The zero-order valence-electron chi connectivity index (χ0n) is 16.1. The van der Waals surface area contributed by atoms with Crippen molar-refractivity contribution in [1.82, 2.24) is 15.5 Å². The van der Waals surface area contributed by atoms with Crippen LogP contribution in [-0.4, -0.2) is 64.3 Å². The third-order valence-electron chi connectivity index (χ3n) is 5.95. The van der Waals surface area contributed by atoms with Crippen molar-refractivity contribution >= 4 is 5.96 Å². The molecule has 1 aliphatic carbocycles. The highest BCUT2D eigenvalue weighted by Gasteiger charge is 2.33. The predicted octanol–water partition coefficient (Wildman–Crippen LogP) is 2.48. The summed E-state index contributed by atoms with van der Waals surface area (Å²) in [6.45, 7) is 8.81. The number of hydrogen-bond donors (Lipinski definition) is 2. The molecule has 5 heteroatoms. The van der Waals surface area contributed by atoms with E-state index in [9.17, 15) is 0 Å². The van der Waals surface area contributed by atoms with Crippen LogP contribution in [0.25, 0.3) is 0 Å². The maximum atomic E-state index is 5.32. The number of guanidine groups is 1. The van der Waals surface area contributed by atoms with Gasteiger partial charge in [-0.15, -0.1) is 0 Å². The zero-order valence-corrected chi connectivity index (χ0v) is 16.1. The van der Waals surface area contributed by atoms with Crippen molar-refractivity contribution in [3.05, 3.63) is 0 Å². The first-order valence-electron chi connectivity index (χ1n) is 9.83. The minimum atomic E-state index is 0.399. The first-order chi connectivity index (χ1) is 11.7. The van der Waals surface area contributed by atoms with Gasteiger partial charge in [0.15, 0.2) is 5.96 Å². The highest BCUT2D eigenvalue weighted by atomic mass is 16.5. The van der Waals surface area contributed by atoms with Gasteiger partial charge in [0.1, 0.15) is 0 Å². The summed E-state index contributed by atoms with van der Waals surface area (Å²) in [7, 11) is 3.67. The van der Waals surface area contributed by atoms with Gasteiger partial charge in [-0.2, -0.15) is 0 Å². The van der Waals surface area contributed by atoms with Gasteiger partial charge < -0.3 is 20.3 Å². The first kappa shape index (κ1) is 19.5. The molecule has 0 atom stereocenters. The molecule has 0 bridgehead atoms. The molecule has 1 heterocycles. The molecule has 0 unspecified atom stereocenters. The molecular formula is C19H38N4O. The zero-order chi connectivity index (χ0) is 17.3. The lowest BCUT2D eigenvalue weighted by Crippen LogP contribution is -2.46. The van der Waals surface area contributed by atoms with Gasteiger partial charge in [-0.25, -0.2) is 0 Å². The van der Waals surface area contributed by atoms with Crippen LogP contribution in [0.4, 0.5) is 0 Å². The minimum absolute atomic E-state index is 0.399. The largest absolute Gasteiger partial charge is 0.385 e. The van der Waals surface area contributed by atoms with E-state index in [0.717, 1.165) is 44.5 Å². The normalized spacial score (nSPS) is 22.7. The fraction of sp³-hybridized carbons (Fsp3) is 0.947. The first-order valence-corrected chi connectivity index (χ1v) is 9.83. The van der Waals surface area contributed by atoms with Gasteiger partial charge in [0.05, 0.1) is 0 Å². The molecule has 140 valence electrons. The van der Waals surface area contributed by atoms with Crippen molar-refractivity contribution in [2.45, 2.75) is 51.9 Å². The summed E-state index contributed by atoms with van der Waals surface area (Å²) in [5, 5.41) is 7.06. The number of methoxy groups -OCH3 is 1. The number of aliphatic imine (C=N–C) groups is 1. The second-order valence-electron chi connectivity index (χ2n) is 7.83. The molecule has 1 saturated heterocycles. The molecular weight excluding hydrogens is 300 g/mol. The highest BCUT2D eigenvalue weighted by molar-refractivity contribution is 5.79. The second kappa shape index (κ2) is 10.2. The summed E-state index contributed by atoms with van der Waals surface area (Å²) < 4.78 is 5.32. The van der Waals surface area contributed by atoms with Crippen LogP contribution in [-0.2, 0) is 4.74 Å². The monoisotopic (exact) mass is 338 g/mol. The summed E-state index contributed by atoms with van der Waals surface area (Å²) in [6, 6.07) is 0. The molecule has 2 rings (SSSR count). The van der Waals surface area contributed by atoms with Gasteiger partial charge in [-0.05, 0) is 56.5 Å². The Hall–Kier alpha value is -0.810. The summed E-state index contributed by atoms with van der Waals surface area (Å²) in [4.78, 5) is 6.97. The molecule has 2 N–H and O–H groups in total. The van der Waals surface area contributed by atoms with Crippen LogP contribution in [0.1, 0.15) is 51.9 Å². The number of rotatable bonds is 8. The van der Waals surface area contributed by atoms with Crippen LogP contribution in [0.5, 0.6) is 0 Å². The van der Waals surface area contributed by atoms with Crippen molar-refractivity contribution < 1.29 is 4.74 Å². The quantitative estimate of drug-likeness (QED) is 0.527. The van der Waals surface area contributed by atoms with Crippen LogP contribution in [0.2, 0.25) is 0 Å². The lowest BCUT2D eigenvalue weighted by molar-refractivity contribution is 0.138. The minimum Gasteiger partial charge on any atom is -0.385 e. The van der Waals surface area contributed by atoms with E-state index in [0.29, 0.717) is 5.41 Å². The molecule has 2 aliphatic rings. The van der Waals surface area contributed by atoms with Gasteiger partial charge in [0.25, 0.3) is 0 Å². The third-order valence-corrected chi connectivity index (χ3v) is 5.95. The predicted molar refractivity (Wildman–Crippen MR) is 102 cm³/mol. The van der Waals surface area contributed by atoms with E-state index in [-0.39, 0.29) is 0 Å². The Bertz CT molecular complexity index is 372. The van der Waals surface area contributed by atoms with Gasteiger partial charge in [0.2, 0.25) is 0 Å². The Kier molecular flexibility index (Phi) is 8.33. The second-order valence-corrected chi connectivity index (χ2v) is 7.83. The Balaban J connectivity index is 1.67. The number of nitrogens with one attached hydrogen (secondary N) is 2. The van der Waals surface area contributed by atoms with E-state index in [1.807, 2.05) is 7.05 Å². The van der Waals surface area contributed by atoms with Crippen LogP contribution in [0.3, 0.4) is 0 Å². The van der Waals surface area contributed by atoms with E-state index in [4.69, 9.17) is 4.74 Å². The fourth-order valence-corrected chi connectivity index (χ4v) is 4.07. The van der Waals surface area contributed by atoms with Gasteiger partial charge in [-0.3, -0.25) is 4.99 Å². The maximum absolute atomic E-state index is 5.32. The van der Waals surface area contributed by atoms with E-state index < -0.39 is 0 Å². The van der Waals surface area contributed by atoms with Crippen molar-refractivity contribution in [1.29, 1.82) is 0 Å². The molecule has 0 amide bonds. The SMILES string of the molecule is CN=C(NCCN1CCC(C)CC1)NCC1(CCOC)CCCC1. The van der Waals surface area contributed by atoms with Gasteiger partial charge >= 0.3 is 0 Å². The molecule has 24 heavy (non-hydrogen) atoms. The van der Waals surface area contributed by atoms with Crippen LogP contribution in [0, 0.1) is 11.3 Å². The molecule has 2 fully saturated rings. The molecule has 0 radical (unpaired) electrons. The molecule has 1 saturated carbocycles. The molecule has 0 spiro atoms. The van der Waals surface area contributed by atoms with Crippen molar-refractivity contribution in [2.75, 3.05) is 53.5 Å². The Morgan fingerprint density at radius 1 is 1.21 bits per heavy atom. The molecule has 0 aromatic carbocycles. The topological polar surface area (TPSA) is 48.9 Å². The van der Waals surface area contributed by atoms with Crippen molar-refractivity contribution in [3.8, 4) is 0 Å². The molecule has 0 aromatic heterocycles. The summed E-state index contributed by atoms with van der Waals surface area (Å²) in [5.74, 6) is 1.85. The number of ether oxygens (including phenoxy) is 1. The van der Waals surface area contributed by atoms with E-state index in [2.05, 4.69) is 27.4 Å². The van der Waals surface area contributed by atoms with Crippen LogP contribution < -0.4 is 10.6 Å². The molecule has 1 aliphatic heterocycles. The molecule has 5 nitrogen and oxygen atoms in total. The lowest BCUT2D eigenvalue weighted by Gasteiger charge is -2.31. The van der Waals surface area contributed by atoms with Crippen LogP contribution >= 0.6 is 0 Å². The Labute approximate surface area is 148 Å². The van der Waals surface area contributed by atoms with Crippen molar-refractivity contribution in [2.24, 2.45) is 16.3 Å². The Morgan fingerprint density at radius 2 is 1.92 bits per heavy atom. The Morgan fingerprint density at radius 3 is 2.54 bits per heavy atom. The summed E-state index contributed by atoms with van der Waals surface area (Å²) in [6.07, 6.45) is 9.16. The fourth-order valence-electron chi connectivity index (χ4n) is 4.07. The van der Waals surface area contributed by atoms with Gasteiger partial charge in [0, 0.05) is 40.4 Å². The van der Waals surface area contributed by atoms with E-state index >= 15 is 0 Å². The number of likely N-dealkylation sites (tertiary alicyclic amines) is 1. The highest BCUT2D eigenvalue weighted by Crippen LogP contribution is 2.40. The number of hydrogen-bond acceptors (Lipinski definition) is 3. The average molecular weight is 339 g/mol. The van der Waals surface area contributed by atoms with E-state index in [1.165, 1.54) is 51.6 Å². The van der Waals surface area contributed by atoms with Gasteiger partial charge in [-0.1, -0.05) is 19.8 Å². The summed E-state index contributed by atoms with van der Waals surface area (Å²) >= 11 is 0. The molecule has 0 aromatic rings. The summed E-state index contributed by atoms with van der Waals surface area (Å²) in [5.41, 5.74) is 0.399. The number of piperidine rings is 1. The lowest BCUT2D eigenvalue weighted by atomic mass is 9.83. The smallest absolute Gasteiger partial charge is 0.191 e. The number of nitrogens with zero attached hydrogens (tertiary/aromatic N) is 2. The van der Waals surface area contributed by atoms with Crippen molar-refractivity contribution in [3.63, 3.8) is 0 Å². The van der Waals surface area contributed by atoms with E-state index in [1.54, 1.807) is 7.11 Å². The standard InChI is InChI=1S/C19H38N4O/c1-17-6-12-23(13-7-17)14-11-21-18(20-2)22-16-19(10-15-24-3)8-4-5-9-19/h17H,4-16H2,1-3H3,(H2,20,21,22). The van der Waals surface area contributed by atoms with Crippen LogP contribution in [0.15, 0.2) is 4.99 Å².